The van der Waals surface area contributed by atoms with E-state index >= 15 is 0 Å². The van der Waals surface area contributed by atoms with Crippen molar-refractivity contribution in [3.63, 3.8) is 0 Å². The van der Waals surface area contributed by atoms with Crippen molar-refractivity contribution in [2.45, 2.75) is 20.3 Å². The summed E-state index contributed by atoms with van der Waals surface area (Å²) in [5.41, 5.74) is 2.19. The highest BCUT2D eigenvalue weighted by molar-refractivity contribution is 9.10. The third-order valence-electron chi connectivity index (χ3n) is 2.65. The van der Waals surface area contributed by atoms with Crippen molar-refractivity contribution in [3.8, 4) is 0 Å². The molecule has 0 bridgehead atoms. The van der Waals surface area contributed by atoms with E-state index in [1.54, 1.807) is 12.4 Å². The lowest BCUT2D eigenvalue weighted by Crippen LogP contribution is -2.04. The molecule has 0 aliphatic rings. The van der Waals surface area contributed by atoms with Gasteiger partial charge in [0.1, 0.15) is 5.82 Å². The zero-order valence-electron chi connectivity index (χ0n) is 11.1. The molecule has 0 unspecified atom stereocenters. The van der Waals surface area contributed by atoms with Crippen LogP contribution in [-0.2, 0) is 0 Å². The van der Waals surface area contributed by atoms with Crippen LogP contribution in [0.5, 0.6) is 0 Å². The summed E-state index contributed by atoms with van der Waals surface area (Å²) < 4.78 is 1.04. The van der Waals surface area contributed by atoms with E-state index in [2.05, 4.69) is 56.4 Å². The summed E-state index contributed by atoms with van der Waals surface area (Å²) in [7, 11) is 0. The zero-order chi connectivity index (χ0) is 13.7. The maximum absolute atomic E-state index is 4.48. The van der Waals surface area contributed by atoms with Crippen LogP contribution in [0.3, 0.4) is 0 Å². The van der Waals surface area contributed by atoms with E-state index < -0.39 is 0 Å². The van der Waals surface area contributed by atoms with Gasteiger partial charge in [-0.15, -0.1) is 0 Å². The van der Waals surface area contributed by atoms with Crippen molar-refractivity contribution in [1.29, 1.82) is 0 Å². The van der Waals surface area contributed by atoms with Gasteiger partial charge >= 0.3 is 0 Å². The van der Waals surface area contributed by atoms with Crippen LogP contribution < -0.4 is 10.6 Å². The van der Waals surface area contributed by atoms with Gasteiger partial charge in [-0.1, -0.05) is 28.9 Å². The molecule has 0 saturated heterocycles. The first-order valence-corrected chi connectivity index (χ1v) is 7.07. The molecule has 1 aromatic carbocycles. The number of nitrogens with one attached hydrogen (secondary N) is 2. The Kier molecular flexibility index (Phi) is 4.74. The Morgan fingerprint density at radius 2 is 2.00 bits per heavy atom. The lowest BCUT2D eigenvalue weighted by Gasteiger charge is -2.10. The van der Waals surface area contributed by atoms with Gasteiger partial charge in [0, 0.05) is 16.7 Å². The van der Waals surface area contributed by atoms with Gasteiger partial charge in [0.05, 0.1) is 12.4 Å². The fourth-order valence-corrected chi connectivity index (χ4v) is 1.99. The number of rotatable bonds is 5. The van der Waals surface area contributed by atoms with Crippen molar-refractivity contribution in [1.82, 2.24) is 9.97 Å². The predicted octanol–water partition coefficient (Wildman–Crippen LogP) is 4.11. The third-order valence-corrected chi connectivity index (χ3v) is 3.15. The second-order valence-electron chi connectivity index (χ2n) is 4.30. The summed E-state index contributed by atoms with van der Waals surface area (Å²) >= 11 is 3.47. The molecule has 1 aromatic heterocycles. The van der Waals surface area contributed by atoms with E-state index in [9.17, 15) is 0 Å². The van der Waals surface area contributed by atoms with Gasteiger partial charge in [0.15, 0.2) is 5.82 Å². The van der Waals surface area contributed by atoms with Crippen LogP contribution in [0.1, 0.15) is 18.9 Å². The average molecular weight is 321 g/mol. The standard InChI is InChI=1S/C14H17BrN4/c1-3-6-17-13-8-16-9-14(19-13)18-12-7-11(15)5-4-10(12)2/h4-5,7-9H,3,6H2,1-2H3,(H2,17,18,19). The van der Waals surface area contributed by atoms with Gasteiger partial charge in [-0.3, -0.25) is 4.98 Å². The van der Waals surface area contributed by atoms with Crippen LogP contribution in [0.15, 0.2) is 35.1 Å². The first-order valence-electron chi connectivity index (χ1n) is 6.28. The molecule has 100 valence electrons. The molecule has 2 N–H and O–H groups in total. The van der Waals surface area contributed by atoms with Crippen molar-refractivity contribution in [2.24, 2.45) is 0 Å². The molecule has 0 spiro atoms. The zero-order valence-corrected chi connectivity index (χ0v) is 12.7. The van der Waals surface area contributed by atoms with Crippen molar-refractivity contribution in [3.05, 3.63) is 40.6 Å². The van der Waals surface area contributed by atoms with E-state index in [1.165, 1.54) is 0 Å². The Hall–Kier alpha value is -1.62. The summed E-state index contributed by atoms with van der Waals surface area (Å²) in [6.45, 7) is 5.07. The fraction of sp³-hybridized carbons (Fsp3) is 0.286. The Morgan fingerprint density at radius 1 is 1.21 bits per heavy atom. The Bertz CT molecular complexity index is 557. The van der Waals surface area contributed by atoms with Crippen LogP contribution >= 0.6 is 15.9 Å². The highest BCUT2D eigenvalue weighted by Gasteiger charge is 2.02. The van der Waals surface area contributed by atoms with Gasteiger partial charge in [0.25, 0.3) is 0 Å². The van der Waals surface area contributed by atoms with Gasteiger partial charge in [-0.25, -0.2) is 4.98 Å². The molecule has 4 nitrogen and oxygen atoms in total. The molecule has 0 aliphatic carbocycles. The summed E-state index contributed by atoms with van der Waals surface area (Å²) in [5.74, 6) is 1.53. The quantitative estimate of drug-likeness (QED) is 0.870. The van der Waals surface area contributed by atoms with Crippen molar-refractivity contribution in [2.75, 3.05) is 17.2 Å². The molecule has 2 aromatic rings. The minimum Gasteiger partial charge on any atom is -0.369 e. The van der Waals surface area contributed by atoms with Crippen LogP contribution in [-0.4, -0.2) is 16.5 Å². The number of hydrogen-bond donors (Lipinski definition) is 2. The third kappa shape index (κ3) is 3.92. The highest BCUT2D eigenvalue weighted by atomic mass is 79.9. The SMILES string of the molecule is CCCNc1cncc(Nc2cc(Br)ccc2C)n1. The number of halogens is 1. The molecule has 0 aliphatic heterocycles. The van der Waals surface area contributed by atoms with Crippen LogP contribution in [0.25, 0.3) is 0 Å². The molecule has 19 heavy (non-hydrogen) atoms. The fourth-order valence-electron chi connectivity index (χ4n) is 1.63. The number of nitrogens with zero attached hydrogens (tertiary/aromatic N) is 2. The summed E-state index contributed by atoms with van der Waals surface area (Å²) in [6.07, 6.45) is 4.51. The molecular formula is C14H17BrN4. The van der Waals surface area contributed by atoms with E-state index in [4.69, 9.17) is 0 Å². The van der Waals surface area contributed by atoms with Gasteiger partial charge in [0.2, 0.25) is 0 Å². The lowest BCUT2D eigenvalue weighted by molar-refractivity contribution is 0.965. The molecular weight excluding hydrogens is 304 g/mol. The first-order chi connectivity index (χ1) is 9.19. The first kappa shape index (κ1) is 13.8. The largest absolute Gasteiger partial charge is 0.369 e. The predicted molar refractivity (Wildman–Crippen MR) is 83.0 cm³/mol. The minimum atomic E-state index is 0.738. The number of aromatic nitrogens is 2. The summed E-state index contributed by atoms with van der Waals surface area (Å²) in [5, 5.41) is 6.51. The van der Waals surface area contributed by atoms with E-state index in [-0.39, 0.29) is 0 Å². The Balaban J connectivity index is 2.16. The molecule has 5 heteroatoms. The molecule has 2 rings (SSSR count). The maximum Gasteiger partial charge on any atom is 0.151 e. The Labute approximate surface area is 121 Å². The van der Waals surface area contributed by atoms with Crippen molar-refractivity contribution < 1.29 is 0 Å². The molecule has 0 amide bonds. The molecule has 1 heterocycles. The van der Waals surface area contributed by atoms with Crippen molar-refractivity contribution >= 4 is 33.3 Å². The van der Waals surface area contributed by atoms with E-state index in [0.717, 1.165) is 40.3 Å². The monoisotopic (exact) mass is 320 g/mol. The van der Waals surface area contributed by atoms with E-state index in [1.807, 2.05) is 12.1 Å². The summed E-state index contributed by atoms with van der Waals surface area (Å²) in [6, 6.07) is 6.10. The number of benzene rings is 1. The van der Waals surface area contributed by atoms with E-state index in [0.29, 0.717) is 0 Å². The molecule has 0 fully saturated rings. The van der Waals surface area contributed by atoms with Crippen LogP contribution in [0, 0.1) is 6.92 Å². The molecule has 0 saturated carbocycles. The van der Waals surface area contributed by atoms with Gasteiger partial charge in [-0.2, -0.15) is 0 Å². The van der Waals surface area contributed by atoms with Gasteiger partial charge < -0.3 is 10.6 Å². The minimum absolute atomic E-state index is 0.738. The molecule has 0 radical (unpaired) electrons. The second kappa shape index (κ2) is 6.52. The van der Waals surface area contributed by atoms with Gasteiger partial charge in [-0.05, 0) is 31.0 Å². The van der Waals surface area contributed by atoms with Crippen LogP contribution in [0.2, 0.25) is 0 Å². The average Bonchev–Trinajstić information content (AvgIpc) is 2.41. The molecule has 0 atom stereocenters. The Morgan fingerprint density at radius 3 is 2.79 bits per heavy atom. The number of hydrogen-bond acceptors (Lipinski definition) is 4. The summed E-state index contributed by atoms with van der Waals surface area (Å²) in [4.78, 5) is 8.66. The number of anilines is 3. The smallest absolute Gasteiger partial charge is 0.151 e. The topological polar surface area (TPSA) is 49.8 Å². The normalized spacial score (nSPS) is 10.3. The number of aryl methyl sites for hydroxylation is 1. The highest BCUT2D eigenvalue weighted by Crippen LogP contribution is 2.23. The second-order valence-corrected chi connectivity index (χ2v) is 5.22. The van der Waals surface area contributed by atoms with Crippen LogP contribution in [0.4, 0.5) is 17.3 Å². The lowest BCUT2D eigenvalue weighted by atomic mass is 10.2. The maximum atomic E-state index is 4.48.